The summed E-state index contributed by atoms with van der Waals surface area (Å²) in [7, 11) is 7.40. The molecule has 8 heteroatoms. The summed E-state index contributed by atoms with van der Waals surface area (Å²) < 4.78 is 22.3. The van der Waals surface area contributed by atoms with Crippen LogP contribution in [0.3, 0.4) is 0 Å². The number of hydroxylamine groups is 2. The smallest absolute Gasteiger partial charge is 0.278 e. The number of amides is 1. The minimum Gasteiger partial charge on any atom is -0.493 e. The van der Waals surface area contributed by atoms with E-state index < -0.39 is 17.7 Å². The molecule has 1 amide bonds. The number of methoxy groups -OCH3 is 4. The van der Waals surface area contributed by atoms with Crippen LogP contribution in [0.4, 0.5) is 0 Å². The van der Waals surface area contributed by atoms with Gasteiger partial charge in [0.2, 0.25) is 0 Å². The van der Waals surface area contributed by atoms with E-state index in [4.69, 9.17) is 23.8 Å². The van der Waals surface area contributed by atoms with E-state index >= 15 is 0 Å². The minimum atomic E-state index is -1.22. The lowest BCUT2D eigenvalue weighted by molar-refractivity contribution is -0.292. The summed E-state index contributed by atoms with van der Waals surface area (Å²) in [6.07, 6.45) is 0.269. The van der Waals surface area contributed by atoms with Crippen molar-refractivity contribution in [2.75, 3.05) is 35.5 Å². The molecule has 1 aromatic carbocycles. The number of rotatable bonds is 5. The first-order valence-electron chi connectivity index (χ1n) is 8.22. The molecule has 2 aliphatic rings. The van der Waals surface area contributed by atoms with Gasteiger partial charge in [-0.25, -0.2) is 5.06 Å². The van der Waals surface area contributed by atoms with Gasteiger partial charge in [0.25, 0.3) is 5.91 Å². The molecule has 0 aromatic heterocycles. The Morgan fingerprint density at radius 1 is 0.962 bits per heavy atom. The van der Waals surface area contributed by atoms with E-state index in [9.17, 15) is 9.59 Å². The van der Waals surface area contributed by atoms with Gasteiger partial charge < -0.3 is 18.9 Å². The van der Waals surface area contributed by atoms with Crippen LogP contribution in [0.1, 0.15) is 34.7 Å². The number of ether oxygens (including phenoxy) is 4. The molecule has 0 unspecified atom stereocenters. The van der Waals surface area contributed by atoms with Crippen LogP contribution in [0.5, 0.6) is 11.5 Å². The molecular formula is C18H23NO7. The van der Waals surface area contributed by atoms with Gasteiger partial charge in [0.1, 0.15) is 11.8 Å². The number of hydrogen-bond donors (Lipinski definition) is 0. The summed E-state index contributed by atoms with van der Waals surface area (Å²) in [6, 6.07) is 2.59. The van der Waals surface area contributed by atoms with Gasteiger partial charge in [-0.05, 0) is 17.7 Å². The Balaban J connectivity index is 2.33. The Kier molecular flexibility index (Phi) is 4.92. The molecule has 142 valence electrons. The number of ketones is 1. The number of hydrogen-bond acceptors (Lipinski definition) is 7. The molecular weight excluding hydrogens is 342 g/mol. The van der Waals surface area contributed by atoms with E-state index in [0.717, 1.165) is 5.06 Å². The molecule has 1 aliphatic heterocycles. The average molecular weight is 365 g/mol. The van der Waals surface area contributed by atoms with Crippen molar-refractivity contribution in [3.8, 4) is 11.5 Å². The molecule has 26 heavy (non-hydrogen) atoms. The summed E-state index contributed by atoms with van der Waals surface area (Å²) in [5.41, 5.74) is 0.971. The first-order chi connectivity index (χ1) is 12.5. The Bertz CT molecular complexity index is 728. The molecule has 1 heterocycles. The van der Waals surface area contributed by atoms with Gasteiger partial charge in [0.05, 0.1) is 21.3 Å². The molecule has 1 aromatic rings. The van der Waals surface area contributed by atoms with Crippen LogP contribution < -0.4 is 9.47 Å². The summed E-state index contributed by atoms with van der Waals surface area (Å²) >= 11 is 0. The third kappa shape index (κ3) is 2.48. The number of carbonyl (C=O) groups excluding carboxylic acids is 2. The van der Waals surface area contributed by atoms with Gasteiger partial charge in [-0.15, -0.1) is 0 Å². The van der Waals surface area contributed by atoms with Gasteiger partial charge in [-0.2, -0.15) is 0 Å². The Morgan fingerprint density at radius 3 is 2.12 bits per heavy atom. The van der Waals surface area contributed by atoms with Gasteiger partial charge >= 0.3 is 0 Å². The molecule has 1 fully saturated rings. The minimum absolute atomic E-state index is 0.00205. The van der Waals surface area contributed by atoms with Crippen molar-refractivity contribution in [3.05, 3.63) is 23.3 Å². The molecule has 0 radical (unpaired) electrons. The molecule has 1 saturated carbocycles. The fraction of sp³-hybridized carbons (Fsp3) is 0.556. The first-order valence-corrected chi connectivity index (χ1v) is 8.22. The second-order valence-electron chi connectivity index (χ2n) is 6.25. The largest absolute Gasteiger partial charge is 0.493 e. The maximum absolute atomic E-state index is 13.2. The summed E-state index contributed by atoms with van der Waals surface area (Å²) in [4.78, 5) is 31.0. The number of nitrogens with zero attached hydrogens (tertiary/aromatic N) is 1. The first kappa shape index (κ1) is 18.6. The Hall–Kier alpha value is -2.16. The van der Waals surface area contributed by atoms with E-state index in [1.54, 1.807) is 12.1 Å². The second kappa shape index (κ2) is 6.86. The van der Waals surface area contributed by atoms with Crippen molar-refractivity contribution in [3.63, 3.8) is 0 Å². The summed E-state index contributed by atoms with van der Waals surface area (Å²) in [6.45, 7) is 0. The van der Waals surface area contributed by atoms with E-state index in [-0.39, 0.29) is 24.5 Å². The highest BCUT2D eigenvalue weighted by atomic mass is 16.7. The van der Waals surface area contributed by atoms with Crippen molar-refractivity contribution >= 4 is 11.7 Å². The molecule has 0 spiro atoms. The van der Waals surface area contributed by atoms with Crippen LogP contribution in [-0.2, 0) is 19.1 Å². The maximum Gasteiger partial charge on any atom is 0.278 e. The van der Waals surface area contributed by atoms with Crippen LogP contribution in [0.2, 0.25) is 0 Å². The lowest BCUT2D eigenvalue weighted by Crippen LogP contribution is -2.61. The van der Waals surface area contributed by atoms with Gasteiger partial charge in [-0.3, -0.25) is 14.4 Å². The number of benzene rings is 1. The SMILES string of the molecule is COc1cc2c(cc1OC)[C@@H]1CC(=O)C[C@H](N(OC)C2=O)C1(OC)OC. The summed E-state index contributed by atoms with van der Waals surface area (Å²) in [5.74, 6) is -1.22. The maximum atomic E-state index is 13.2. The normalized spacial score (nSPS) is 24.1. The third-order valence-electron chi connectivity index (χ3n) is 5.28. The standard InChI is InChI=1S/C18H23NO7/c1-22-14-8-11-12(9-15(14)23-2)17(21)19(26-5)16-7-10(20)6-13(11)18(16,24-3)25-4/h8-9,13,16H,6-7H2,1-5H3/t13-,16-/m0/s1. The predicted molar refractivity (Wildman–Crippen MR) is 90.2 cm³/mol. The molecule has 3 rings (SSSR count). The number of Topliss-reactive ketones (excluding diaryl/α,β-unsaturated/α-hetero) is 1. The van der Waals surface area contributed by atoms with Crippen LogP contribution in [0.25, 0.3) is 0 Å². The third-order valence-corrected chi connectivity index (χ3v) is 5.28. The van der Waals surface area contributed by atoms with Crippen LogP contribution >= 0.6 is 0 Å². The Labute approximate surface area is 151 Å². The highest BCUT2D eigenvalue weighted by Crippen LogP contribution is 2.50. The Morgan fingerprint density at radius 2 is 1.58 bits per heavy atom. The predicted octanol–water partition coefficient (Wildman–Crippen LogP) is 1.53. The van der Waals surface area contributed by atoms with E-state index in [1.807, 2.05) is 0 Å². The van der Waals surface area contributed by atoms with Gasteiger partial charge in [0.15, 0.2) is 17.3 Å². The molecule has 1 aliphatic carbocycles. The van der Waals surface area contributed by atoms with E-state index in [0.29, 0.717) is 22.6 Å². The van der Waals surface area contributed by atoms with Crippen molar-refractivity contribution < 1.29 is 33.4 Å². The zero-order valence-corrected chi connectivity index (χ0v) is 15.5. The average Bonchev–Trinajstić information content (AvgIpc) is 2.70. The quantitative estimate of drug-likeness (QED) is 0.732. The molecule has 2 bridgehead atoms. The number of carbonyl (C=O) groups is 2. The molecule has 2 atom stereocenters. The zero-order valence-electron chi connectivity index (χ0n) is 15.5. The zero-order chi connectivity index (χ0) is 19.1. The van der Waals surface area contributed by atoms with Gasteiger partial charge in [-0.1, -0.05) is 0 Å². The second-order valence-corrected chi connectivity index (χ2v) is 6.25. The fourth-order valence-corrected chi connectivity index (χ4v) is 4.10. The topological polar surface area (TPSA) is 83.5 Å². The van der Waals surface area contributed by atoms with Crippen molar-refractivity contribution in [2.24, 2.45) is 0 Å². The van der Waals surface area contributed by atoms with Crippen LogP contribution in [0.15, 0.2) is 12.1 Å². The monoisotopic (exact) mass is 365 g/mol. The fourth-order valence-electron chi connectivity index (χ4n) is 4.10. The lowest BCUT2D eigenvalue weighted by Gasteiger charge is -2.47. The van der Waals surface area contributed by atoms with E-state index in [1.165, 1.54) is 35.5 Å². The summed E-state index contributed by atoms with van der Waals surface area (Å²) in [5, 5.41) is 1.16. The van der Waals surface area contributed by atoms with Crippen LogP contribution in [0, 0.1) is 0 Å². The van der Waals surface area contributed by atoms with Crippen molar-refractivity contribution in [1.82, 2.24) is 5.06 Å². The van der Waals surface area contributed by atoms with Crippen molar-refractivity contribution in [1.29, 1.82) is 0 Å². The molecule has 0 saturated heterocycles. The van der Waals surface area contributed by atoms with Crippen molar-refractivity contribution in [2.45, 2.75) is 30.6 Å². The van der Waals surface area contributed by atoms with E-state index in [2.05, 4.69) is 0 Å². The number of fused-ring (bicyclic) bond motifs is 4. The highest BCUT2D eigenvalue weighted by Gasteiger charge is 2.59. The molecule has 8 nitrogen and oxygen atoms in total. The lowest BCUT2D eigenvalue weighted by atomic mass is 9.75. The highest BCUT2D eigenvalue weighted by molar-refractivity contribution is 5.98. The molecule has 0 N–H and O–H groups in total. The van der Waals surface area contributed by atoms with Gasteiger partial charge in [0, 0.05) is 38.5 Å². The van der Waals surface area contributed by atoms with Crippen LogP contribution in [-0.4, -0.2) is 64.1 Å².